The molecular formula is C12H16Cl2FNO2. The number of hydrogen-bond acceptors (Lipinski definition) is 3. The lowest BCUT2D eigenvalue weighted by atomic mass is 9.87. The smallest absolute Gasteiger partial charge is 0.166 e. The van der Waals surface area contributed by atoms with Crippen molar-refractivity contribution in [2.75, 3.05) is 13.2 Å². The first-order valence-corrected chi connectivity index (χ1v) is 5.98. The van der Waals surface area contributed by atoms with Gasteiger partial charge in [-0.3, -0.25) is 0 Å². The van der Waals surface area contributed by atoms with Crippen molar-refractivity contribution >= 4 is 24.0 Å². The Morgan fingerprint density at radius 3 is 2.61 bits per heavy atom. The zero-order chi connectivity index (χ0) is 12.4. The maximum absolute atomic E-state index is 13.4. The van der Waals surface area contributed by atoms with Crippen molar-refractivity contribution in [1.82, 2.24) is 0 Å². The fourth-order valence-electron chi connectivity index (χ4n) is 2.17. The van der Waals surface area contributed by atoms with Crippen LogP contribution >= 0.6 is 24.0 Å². The third-order valence-electron chi connectivity index (χ3n) is 3.19. The fraction of sp³-hybridized carbons (Fsp3) is 0.500. The number of rotatable bonds is 2. The molecule has 3 N–H and O–H groups in total. The van der Waals surface area contributed by atoms with E-state index in [9.17, 15) is 9.50 Å². The highest BCUT2D eigenvalue weighted by molar-refractivity contribution is 6.30. The Balaban J connectivity index is 0.00000162. The second-order valence-electron chi connectivity index (χ2n) is 4.30. The minimum Gasteiger partial charge on any atom is -0.505 e. The Hall–Kier alpha value is -0.550. The van der Waals surface area contributed by atoms with Crippen LogP contribution in [0.15, 0.2) is 12.1 Å². The van der Waals surface area contributed by atoms with E-state index in [4.69, 9.17) is 22.1 Å². The van der Waals surface area contributed by atoms with E-state index in [0.29, 0.717) is 18.8 Å². The largest absolute Gasteiger partial charge is 0.505 e. The van der Waals surface area contributed by atoms with Gasteiger partial charge in [0.1, 0.15) is 0 Å². The molecule has 1 aliphatic heterocycles. The summed E-state index contributed by atoms with van der Waals surface area (Å²) in [4.78, 5) is 0. The Morgan fingerprint density at radius 1 is 1.39 bits per heavy atom. The maximum atomic E-state index is 13.4. The third-order valence-corrected chi connectivity index (χ3v) is 3.41. The van der Waals surface area contributed by atoms with Gasteiger partial charge in [0.25, 0.3) is 0 Å². The zero-order valence-corrected chi connectivity index (χ0v) is 11.3. The summed E-state index contributed by atoms with van der Waals surface area (Å²) in [6, 6.07) is 2.20. The average Bonchev–Trinajstić information content (AvgIpc) is 2.34. The lowest BCUT2D eigenvalue weighted by molar-refractivity contribution is 0.0580. The highest BCUT2D eigenvalue weighted by Gasteiger charge is 2.25. The molecule has 102 valence electrons. The van der Waals surface area contributed by atoms with Gasteiger partial charge in [0.05, 0.1) is 0 Å². The summed E-state index contributed by atoms with van der Waals surface area (Å²) in [6.07, 6.45) is 1.63. The summed E-state index contributed by atoms with van der Waals surface area (Å²) in [6.45, 7) is 1.31. The van der Waals surface area contributed by atoms with Crippen molar-refractivity contribution in [2.45, 2.75) is 18.9 Å². The van der Waals surface area contributed by atoms with Crippen LogP contribution in [-0.2, 0) is 4.74 Å². The molecule has 3 nitrogen and oxygen atoms in total. The van der Waals surface area contributed by atoms with Gasteiger partial charge in [-0.15, -0.1) is 12.4 Å². The first kappa shape index (κ1) is 15.5. The van der Waals surface area contributed by atoms with E-state index in [0.717, 1.165) is 18.9 Å². The topological polar surface area (TPSA) is 55.5 Å². The van der Waals surface area contributed by atoms with Gasteiger partial charge in [0, 0.05) is 29.8 Å². The van der Waals surface area contributed by atoms with E-state index in [-0.39, 0.29) is 23.3 Å². The van der Waals surface area contributed by atoms with Crippen LogP contribution in [0.5, 0.6) is 5.75 Å². The van der Waals surface area contributed by atoms with Gasteiger partial charge in [0.2, 0.25) is 0 Å². The number of phenols is 1. The molecule has 2 rings (SSSR count). The number of halogens is 3. The molecule has 18 heavy (non-hydrogen) atoms. The normalized spacial score (nSPS) is 18.2. The van der Waals surface area contributed by atoms with E-state index in [1.807, 2.05) is 0 Å². The van der Waals surface area contributed by atoms with Gasteiger partial charge in [-0.2, -0.15) is 0 Å². The van der Waals surface area contributed by atoms with Crippen LogP contribution in [0.4, 0.5) is 4.39 Å². The van der Waals surface area contributed by atoms with Crippen LogP contribution in [0.25, 0.3) is 0 Å². The molecule has 0 radical (unpaired) electrons. The van der Waals surface area contributed by atoms with E-state index in [1.165, 1.54) is 6.07 Å². The summed E-state index contributed by atoms with van der Waals surface area (Å²) in [5, 5.41) is 9.93. The molecule has 0 aromatic heterocycles. The minimum atomic E-state index is -0.727. The second-order valence-corrected chi connectivity index (χ2v) is 4.74. The molecule has 0 spiro atoms. The van der Waals surface area contributed by atoms with Crippen molar-refractivity contribution in [3.8, 4) is 5.75 Å². The quantitative estimate of drug-likeness (QED) is 0.882. The second kappa shape index (κ2) is 6.57. The molecule has 0 aliphatic carbocycles. The predicted molar refractivity (Wildman–Crippen MR) is 70.8 cm³/mol. The van der Waals surface area contributed by atoms with E-state index in [2.05, 4.69) is 0 Å². The van der Waals surface area contributed by atoms with E-state index in [1.54, 1.807) is 0 Å². The predicted octanol–water partition coefficient (Wildman–Crippen LogP) is 3.03. The van der Waals surface area contributed by atoms with Crippen LogP contribution in [0.3, 0.4) is 0 Å². The highest BCUT2D eigenvalue weighted by Crippen LogP contribution is 2.35. The van der Waals surface area contributed by atoms with Crippen molar-refractivity contribution in [3.05, 3.63) is 28.5 Å². The Bertz CT molecular complexity index is 411. The van der Waals surface area contributed by atoms with Crippen LogP contribution in [0.2, 0.25) is 5.02 Å². The molecule has 0 bridgehead atoms. The van der Waals surface area contributed by atoms with Gasteiger partial charge in [-0.25, -0.2) is 4.39 Å². The number of benzene rings is 1. The van der Waals surface area contributed by atoms with Gasteiger partial charge in [-0.05, 0) is 30.9 Å². The minimum absolute atomic E-state index is 0. The van der Waals surface area contributed by atoms with Gasteiger partial charge in [0.15, 0.2) is 11.6 Å². The summed E-state index contributed by atoms with van der Waals surface area (Å²) in [7, 11) is 0. The molecule has 1 saturated heterocycles. The molecule has 0 amide bonds. The third kappa shape index (κ3) is 3.26. The molecule has 1 heterocycles. The molecule has 6 heteroatoms. The summed E-state index contributed by atoms with van der Waals surface area (Å²) >= 11 is 5.77. The SMILES string of the molecule is Cl.N[C@@H](c1cc(Cl)cc(F)c1O)C1CCOCC1. The molecule has 0 saturated carbocycles. The molecule has 1 aromatic rings. The summed E-state index contributed by atoms with van der Waals surface area (Å²) < 4.78 is 18.6. The molecule has 1 fully saturated rings. The van der Waals surface area contributed by atoms with E-state index >= 15 is 0 Å². The number of nitrogens with two attached hydrogens (primary N) is 1. The van der Waals surface area contributed by atoms with Crippen molar-refractivity contribution in [3.63, 3.8) is 0 Å². The van der Waals surface area contributed by atoms with Gasteiger partial charge >= 0.3 is 0 Å². The molecule has 1 atom stereocenters. The van der Waals surface area contributed by atoms with Gasteiger partial charge in [-0.1, -0.05) is 11.6 Å². The van der Waals surface area contributed by atoms with Crippen molar-refractivity contribution in [2.24, 2.45) is 11.7 Å². The van der Waals surface area contributed by atoms with Crippen LogP contribution in [-0.4, -0.2) is 18.3 Å². The first-order valence-electron chi connectivity index (χ1n) is 5.61. The number of hydrogen-bond donors (Lipinski definition) is 2. The molecule has 1 aliphatic rings. The summed E-state index contributed by atoms with van der Waals surface area (Å²) in [5.74, 6) is -0.934. The Labute approximate surface area is 116 Å². The lowest BCUT2D eigenvalue weighted by Crippen LogP contribution is -2.27. The highest BCUT2D eigenvalue weighted by atomic mass is 35.5. The van der Waals surface area contributed by atoms with Crippen LogP contribution in [0.1, 0.15) is 24.4 Å². The monoisotopic (exact) mass is 295 g/mol. The Morgan fingerprint density at radius 2 is 2.00 bits per heavy atom. The number of ether oxygens (including phenoxy) is 1. The van der Waals surface area contributed by atoms with Crippen molar-refractivity contribution in [1.29, 1.82) is 0 Å². The Kier molecular flexibility index (Phi) is 5.66. The standard InChI is InChI=1S/C12H15ClFNO2.ClH/c13-8-5-9(12(16)10(14)6-8)11(15)7-1-3-17-4-2-7;/h5-7,11,16H,1-4,15H2;1H/t11-;/m1./s1. The van der Waals surface area contributed by atoms with Crippen LogP contribution < -0.4 is 5.73 Å². The van der Waals surface area contributed by atoms with Gasteiger partial charge < -0.3 is 15.6 Å². The maximum Gasteiger partial charge on any atom is 0.166 e. The first-order chi connectivity index (χ1) is 8.09. The molecular weight excluding hydrogens is 280 g/mol. The fourth-order valence-corrected chi connectivity index (χ4v) is 2.38. The molecule has 1 aromatic carbocycles. The lowest BCUT2D eigenvalue weighted by Gasteiger charge is -2.28. The van der Waals surface area contributed by atoms with Crippen LogP contribution in [0, 0.1) is 11.7 Å². The number of aromatic hydroxyl groups is 1. The van der Waals surface area contributed by atoms with Crippen molar-refractivity contribution < 1.29 is 14.2 Å². The number of phenolic OH excluding ortho intramolecular Hbond substituents is 1. The average molecular weight is 296 g/mol. The molecule has 0 unspecified atom stereocenters. The summed E-state index contributed by atoms with van der Waals surface area (Å²) in [5.41, 5.74) is 6.44. The van der Waals surface area contributed by atoms with E-state index < -0.39 is 17.6 Å². The zero-order valence-electron chi connectivity index (χ0n) is 9.73.